The molecule has 0 atom stereocenters. The Kier molecular flexibility index (Phi) is 6.05. The Labute approximate surface area is 124 Å². The van der Waals surface area contributed by atoms with Crippen molar-refractivity contribution >= 4 is 29.3 Å². The average molecular weight is 298 g/mol. The average Bonchev–Trinajstić information content (AvgIpc) is 2.40. The molecule has 0 bridgehead atoms. The molecule has 1 aromatic rings. The van der Waals surface area contributed by atoms with E-state index in [1.165, 1.54) is 24.8 Å². The lowest BCUT2D eigenvalue weighted by molar-refractivity contribution is -0.119. The number of amides is 1. The molecule has 0 aliphatic heterocycles. The fourth-order valence-corrected chi connectivity index (χ4v) is 3.40. The summed E-state index contributed by atoms with van der Waals surface area (Å²) in [5.74, 6) is 1.53. The largest absolute Gasteiger partial charge is 0.353 e. The van der Waals surface area contributed by atoms with E-state index in [1.807, 2.05) is 24.3 Å². The van der Waals surface area contributed by atoms with Crippen molar-refractivity contribution in [3.8, 4) is 0 Å². The van der Waals surface area contributed by atoms with Crippen molar-refractivity contribution in [2.24, 2.45) is 0 Å². The van der Waals surface area contributed by atoms with Gasteiger partial charge in [-0.1, -0.05) is 43.0 Å². The van der Waals surface area contributed by atoms with Gasteiger partial charge in [0.2, 0.25) is 5.91 Å². The molecule has 1 aliphatic rings. The van der Waals surface area contributed by atoms with E-state index < -0.39 is 0 Å². The van der Waals surface area contributed by atoms with Gasteiger partial charge in [0, 0.05) is 16.8 Å². The molecule has 0 spiro atoms. The fourth-order valence-electron chi connectivity index (χ4n) is 2.40. The van der Waals surface area contributed by atoms with Gasteiger partial charge in [-0.25, -0.2) is 0 Å². The molecule has 1 aromatic carbocycles. The third-order valence-corrected chi connectivity index (χ3v) is 4.60. The summed E-state index contributed by atoms with van der Waals surface area (Å²) in [5, 5.41) is 3.89. The standard InChI is InChI=1S/C15H20ClNOS/c16-13-6-4-5-12(9-13)10-19-11-15(18)17-14-7-2-1-3-8-14/h4-6,9,14H,1-3,7-8,10-11H2,(H,17,18). The van der Waals surface area contributed by atoms with Gasteiger partial charge in [0.05, 0.1) is 5.75 Å². The van der Waals surface area contributed by atoms with Crippen molar-refractivity contribution in [2.45, 2.75) is 43.9 Å². The van der Waals surface area contributed by atoms with Crippen LogP contribution >= 0.6 is 23.4 Å². The maximum Gasteiger partial charge on any atom is 0.230 e. The van der Waals surface area contributed by atoms with Crippen molar-refractivity contribution in [2.75, 3.05) is 5.75 Å². The lowest BCUT2D eigenvalue weighted by Crippen LogP contribution is -2.37. The Hall–Kier alpha value is -0.670. The van der Waals surface area contributed by atoms with Crippen LogP contribution in [0.2, 0.25) is 5.02 Å². The van der Waals surface area contributed by atoms with E-state index >= 15 is 0 Å². The molecule has 1 fully saturated rings. The number of nitrogens with one attached hydrogen (secondary N) is 1. The SMILES string of the molecule is O=C(CSCc1cccc(Cl)c1)NC1CCCCC1. The minimum absolute atomic E-state index is 0.166. The molecule has 0 aromatic heterocycles. The normalized spacial score (nSPS) is 16.3. The molecular formula is C15H20ClNOS. The van der Waals surface area contributed by atoms with Crippen LogP contribution in [-0.4, -0.2) is 17.7 Å². The molecular weight excluding hydrogens is 278 g/mol. The second-order valence-electron chi connectivity index (χ2n) is 5.03. The molecule has 2 rings (SSSR count). The van der Waals surface area contributed by atoms with Crippen LogP contribution in [-0.2, 0) is 10.5 Å². The summed E-state index contributed by atoms with van der Waals surface area (Å²) in [6, 6.07) is 8.21. The van der Waals surface area contributed by atoms with Crippen LogP contribution in [0, 0.1) is 0 Å². The lowest BCUT2D eigenvalue weighted by atomic mass is 9.95. The number of hydrogen-bond donors (Lipinski definition) is 1. The Morgan fingerprint density at radius 1 is 1.32 bits per heavy atom. The zero-order chi connectivity index (χ0) is 13.5. The van der Waals surface area contributed by atoms with Gasteiger partial charge in [-0.15, -0.1) is 11.8 Å². The molecule has 0 unspecified atom stereocenters. The van der Waals surface area contributed by atoms with Gasteiger partial charge in [0.1, 0.15) is 0 Å². The Bertz CT molecular complexity index is 418. The summed E-state index contributed by atoms with van der Waals surface area (Å²) >= 11 is 7.57. The van der Waals surface area contributed by atoms with Gasteiger partial charge >= 0.3 is 0 Å². The zero-order valence-corrected chi connectivity index (χ0v) is 12.6. The second-order valence-corrected chi connectivity index (χ2v) is 6.45. The summed E-state index contributed by atoms with van der Waals surface area (Å²) in [6.45, 7) is 0. The van der Waals surface area contributed by atoms with Crippen molar-refractivity contribution in [1.82, 2.24) is 5.32 Å². The molecule has 19 heavy (non-hydrogen) atoms. The fraction of sp³-hybridized carbons (Fsp3) is 0.533. The summed E-state index contributed by atoms with van der Waals surface area (Å²) in [4.78, 5) is 11.8. The third-order valence-electron chi connectivity index (χ3n) is 3.36. The van der Waals surface area contributed by atoms with E-state index in [4.69, 9.17) is 11.6 Å². The van der Waals surface area contributed by atoms with E-state index in [1.54, 1.807) is 11.8 Å². The van der Waals surface area contributed by atoms with E-state index in [-0.39, 0.29) is 5.91 Å². The second kappa shape index (κ2) is 7.81. The number of carbonyl (C=O) groups is 1. The van der Waals surface area contributed by atoms with E-state index in [2.05, 4.69) is 5.32 Å². The van der Waals surface area contributed by atoms with Gasteiger partial charge in [0.15, 0.2) is 0 Å². The van der Waals surface area contributed by atoms with Crippen molar-refractivity contribution in [1.29, 1.82) is 0 Å². The van der Waals surface area contributed by atoms with Crippen molar-refractivity contribution < 1.29 is 4.79 Å². The molecule has 0 heterocycles. The number of hydrogen-bond acceptors (Lipinski definition) is 2. The van der Waals surface area contributed by atoms with Gasteiger partial charge in [0.25, 0.3) is 0 Å². The van der Waals surface area contributed by atoms with Crippen LogP contribution in [0.4, 0.5) is 0 Å². The highest BCUT2D eigenvalue weighted by atomic mass is 35.5. The maximum atomic E-state index is 11.8. The molecule has 0 radical (unpaired) electrons. The topological polar surface area (TPSA) is 29.1 Å². The first kappa shape index (κ1) is 14.7. The van der Waals surface area contributed by atoms with Crippen LogP contribution in [0.1, 0.15) is 37.7 Å². The van der Waals surface area contributed by atoms with Crippen LogP contribution in [0.15, 0.2) is 24.3 Å². The molecule has 4 heteroatoms. The van der Waals surface area contributed by atoms with Crippen molar-refractivity contribution in [3.63, 3.8) is 0 Å². The highest BCUT2D eigenvalue weighted by Gasteiger charge is 2.15. The smallest absolute Gasteiger partial charge is 0.230 e. The van der Waals surface area contributed by atoms with Gasteiger partial charge in [-0.05, 0) is 30.5 Å². The molecule has 1 aliphatic carbocycles. The first-order valence-corrected chi connectivity index (χ1v) is 8.39. The zero-order valence-electron chi connectivity index (χ0n) is 11.0. The highest BCUT2D eigenvalue weighted by Crippen LogP contribution is 2.19. The summed E-state index contributed by atoms with van der Waals surface area (Å²) in [7, 11) is 0. The molecule has 1 saturated carbocycles. The van der Waals surface area contributed by atoms with Crippen molar-refractivity contribution in [3.05, 3.63) is 34.9 Å². The molecule has 104 valence electrons. The quantitative estimate of drug-likeness (QED) is 0.889. The number of carbonyl (C=O) groups excluding carboxylic acids is 1. The number of rotatable bonds is 5. The number of halogens is 1. The molecule has 2 nitrogen and oxygen atoms in total. The van der Waals surface area contributed by atoms with Gasteiger partial charge < -0.3 is 5.32 Å². The number of benzene rings is 1. The van der Waals surface area contributed by atoms with Crippen LogP contribution < -0.4 is 5.32 Å². The first-order chi connectivity index (χ1) is 9.24. The summed E-state index contributed by atoms with van der Waals surface area (Å²) < 4.78 is 0. The predicted octanol–water partition coefficient (Wildman–Crippen LogP) is 4.02. The molecule has 1 amide bonds. The van der Waals surface area contributed by atoms with E-state index in [0.717, 1.165) is 23.6 Å². The summed E-state index contributed by atoms with van der Waals surface area (Å²) in [6.07, 6.45) is 6.10. The third kappa shape index (κ3) is 5.45. The Morgan fingerprint density at radius 2 is 2.11 bits per heavy atom. The van der Waals surface area contributed by atoms with Gasteiger partial charge in [-0.2, -0.15) is 0 Å². The minimum Gasteiger partial charge on any atom is -0.353 e. The van der Waals surface area contributed by atoms with Crippen LogP contribution in [0.3, 0.4) is 0 Å². The first-order valence-electron chi connectivity index (χ1n) is 6.85. The minimum atomic E-state index is 0.166. The Morgan fingerprint density at radius 3 is 2.84 bits per heavy atom. The van der Waals surface area contributed by atoms with Gasteiger partial charge in [-0.3, -0.25) is 4.79 Å². The monoisotopic (exact) mass is 297 g/mol. The van der Waals surface area contributed by atoms with Crippen LogP contribution in [0.5, 0.6) is 0 Å². The maximum absolute atomic E-state index is 11.8. The summed E-state index contributed by atoms with van der Waals surface area (Å²) in [5.41, 5.74) is 1.17. The predicted molar refractivity (Wildman–Crippen MR) is 82.6 cm³/mol. The number of thioether (sulfide) groups is 1. The molecule has 0 saturated heterocycles. The van der Waals surface area contributed by atoms with E-state index in [0.29, 0.717) is 11.8 Å². The van der Waals surface area contributed by atoms with E-state index in [9.17, 15) is 4.79 Å². The molecule has 1 N–H and O–H groups in total. The Balaban J connectivity index is 1.66. The highest BCUT2D eigenvalue weighted by molar-refractivity contribution is 7.99. The van der Waals surface area contributed by atoms with Crippen LogP contribution in [0.25, 0.3) is 0 Å². The lowest BCUT2D eigenvalue weighted by Gasteiger charge is -2.22.